The summed E-state index contributed by atoms with van der Waals surface area (Å²) >= 11 is 5.96. The second-order valence-corrected chi connectivity index (χ2v) is 4.85. The minimum Gasteiger partial charge on any atom is -0.222 e. The first-order valence-electron chi connectivity index (χ1n) is 5.49. The largest absolute Gasteiger partial charge is 0.223 e. The van der Waals surface area contributed by atoms with Crippen molar-refractivity contribution < 1.29 is 0 Å². The van der Waals surface area contributed by atoms with E-state index < -0.39 is 0 Å². The van der Waals surface area contributed by atoms with Crippen LogP contribution in [0.5, 0.6) is 0 Å². The Morgan fingerprint density at radius 3 is 2.69 bits per heavy atom. The first-order valence-corrected chi connectivity index (χ1v) is 5.87. The summed E-state index contributed by atoms with van der Waals surface area (Å²) in [6.45, 7) is 6.40. The Hall–Kier alpha value is -1.15. The highest BCUT2D eigenvalue weighted by molar-refractivity contribution is 6.28. The van der Waals surface area contributed by atoms with Crippen molar-refractivity contribution in [2.75, 3.05) is 0 Å². The summed E-state index contributed by atoms with van der Waals surface area (Å²) in [5.74, 6) is 0.565. The Morgan fingerprint density at radius 2 is 2.00 bits per heavy atom. The van der Waals surface area contributed by atoms with Gasteiger partial charge in [-0.1, -0.05) is 32.0 Å². The number of aryl methyl sites for hydroxylation is 1. The van der Waals surface area contributed by atoms with Gasteiger partial charge >= 0.3 is 0 Å². The lowest BCUT2D eigenvalue weighted by Gasteiger charge is -2.09. The van der Waals surface area contributed by atoms with Gasteiger partial charge in [0.05, 0.1) is 11.2 Å². The smallest absolute Gasteiger partial charge is 0.222 e. The van der Waals surface area contributed by atoms with Gasteiger partial charge in [-0.3, -0.25) is 0 Å². The van der Waals surface area contributed by atoms with Crippen LogP contribution < -0.4 is 0 Å². The summed E-state index contributed by atoms with van der Waals surface area (Å²) in [7, 11) is 0. The highest BCUT2D eigenvalue weighted by Gasteiger charge is 2.09. The fraction of sp³-hybridized carbons (Fsp3) is 0.385. The molecule has 1 aromatic heterocycles. The van der Waals surface area contributed by atoms with Gasteiger partial charge in [-0.05, 0) is 36.4 Å². The molecule has 0 saturated carbocycles. The molecule has 0 saturated heterocycles. The summed E-state index contributed by atoms with van der Waals surface area (Å²) in [6.07, 6.45) is 0.933. The van der Waals surface area contributed by atoms with Crippen LogP contribution >= 0.6 is 11.6 Å². The molecule has 3 heteroatoms. The van der Waals surface area contributed by atoms with Gasteiger partial charge in [0.15, 0.2) is 0 Å². The molecule has 0 amide bonds. The normalized spacial score (nSPS) is 11.3. The minimum absolute atomic E-state index is 0.345. The molecule has 0 spiro atoms. The van der Waals surface area contributed by atoms with Gasteiger partial charge in [0, 0.05) is 5.39 Å². The van der Waals surface area contributed by atoms with Gasteiger partial charge in [0.1, 0.15) is 0 Å². The van der Waals surface area contributed by atoms with Crippen molar-refractivity contribution >= 4 is 22.5 Å². The maximum atomic E-state index is 5.96. The lowest BCUT2D eigenvalue weighted by molar-refractivity contribution is 0.638. The monoisotopic (exact) mass is 234 g/mol. The molecule has 0 fully saturated rings. The number of hydrogen-bond donors (Lipinski definition) is 0. The standard InChI is InChI=1S/C13H15ClN2/c1-8(2)7-11-10-6-4-5-9(3)12(10)16-13(14)15-11/h4-6,8H,7H2,1-3H3. The highest BCUT2D eigenvalue weighted by Crippen LogP contribution is 2.22. The first-order chi connectivity index (χ1) is 7.58. The number of fused-ring (bicyclic) bond motifs is 1. The van der Waals surface area contributed by atoms with Crippen LogP contribution in [0.3, 0.4) is 0 Å². The SMILES string of the molecule is Cc1cccc2c(CC(C)C)nc(Cl)nc12. The molecule has 84 valence electrons. The Labute approximate surface area is 101 Å². The summed E-state index contributed by atoms with van der Waals surface area (Å²) in [5, 5.41) is 1.47. The molecule has 16 heavy (non-hydrogen) atoms. The molecule has 0 aliphatic rings. The zero-order valence-electron chi connectivity index (χ0n) is 9.79. The average Bonchev–Trinajstić information content (AvgIpc) is 2.18. The molecule has 1 aromatic carbocycles. The van der Waals surface area contributed by atoms with Crippen molar-refractivity contribution in [3.8, 4) is 0 Å². The topological polar surface area (TPSA) is 25.8 Å². The summed E-state index contributed by atoms with van der Waals surface area (Å²) < 4.78 is 0. The second-order valence-electron chi connectivity index (χ2n) is 4.51. The van der Waals surface area contributed by atoms with Crippen LogP contribution in [0.1, 0.15) is 25.1 Å². The lowest BCUT2D eigenvalue weighted by Crippen LogP contribution is -2.01. The Balaban J connectivity index is 2.68. The van der Waals surface area contributed by atoms with Crippen LogP contribution in [-0.2, 0) is 6.42 Å². The molecule has 2 aromatic rings. The molecule has 0 unspecified atom stereocenters. The molecule has 2 nitrogen and oxygen atoms in total. The van der Waals surface area contributed by atoms with Gasteiger partial charge in [0.2, 0.25) is 5.28 Å². The number of hydrogen-bond acceptors (Lipinski definition) is 2. The third-order valence-corrected chi connectivity index (χ3v) is 2.75. The molecule has 0 N–H and O–H groups in total. The third-order valence-electron chi connectivity index (χ3n) is 2.58. The van der Waals surface area contributed by atoms with Crippen molar-refractivity contribution in [1.82, 2.24) is 9.97 Å². The predicted molar refractivity (Wildman–Crippen MR) is 67.8 cm³/mol. The Bertz CT molecular complexity index is 521. The van der Waals surface area contributed by atoms with E-state index in [1.165, 1.54) is 0 Å². The van der Waals surface area contributed by atoms with Gasteiger partial charge in [-0.25, -0.2) is 9.97 Å². The fourth-order valence-corrected chi connectivity index (χ4v) is 2.06. The number of halogens is 1. The van der Waals surface area contributed by atoms with Gasteiger partial charge in [0.25, 0.3) is 0 Å². The fourth-order valence-electron chi connectivity index (χ4n) is 1.87. The second kappa shape index (κ2) is 4.38. The van der Waals surface area contributed by atoms with Gasteiger partial charge in [-0.2, -0.15) is 0 Å². The van der Waals surface area contributed by atoms with E-state index in [9.17, 15) is 0 Å². The third kappa shape index (κ3) is 2.17. The van der Waals surface area contributed by atoms with Crippen molar-refractivity contribution in [3.05, 3.63) is 34.7 Å². The zero-order chi connectivity index (χ0) is 11.7. The maximum absolute atomic E-state index is 5.96. The lowest BCUT2D eigenvalue weighted by atomic mass is 10.0. The summed E-state index contributed by atoms with van der Waals surface area (Å²) in [5.41, 5.74) is 3.17. The molecular weight excluding hydrogens is 220 g/mol. The van der Waals surface area contributed by atoms with Crippen molar-refractivity contribution in [1.29, 1.82) is 0 Å². The highest BCUT2D eigenvalue weighted by atomic mass is 35.5. The number of benzene rings is 1. The van der Waals surface area contributed by atoms with Crippen LogP contribution in [0, 0.1) is 12.8 Å². The number of aromatic nitrogens is 2. The molecule has 0 radical (unpaired) electrons. The summed E-state index contributed by atoms with van der Waals surface area (Å²) in [4.78, 5) is 8.63. The molecule has 0 aliphatic heterocycles. The Morgan fingerprint density at radius 1 is 1.25 bits per heavy atom. The van der Waals surface area contributed by atoms with Crippen LogP contribution in [0.2, 0.25) is 5.28 Å². The minimum atomic E-state index is 0.345. The zero-order valence-corrected chi connectivity index (χ0v) is 10.5. The number of para-hydroxylation sites is 1. The van der Waals surface area contributed by atoms with Crippen LogP contribution in [0.4, 0.5) is 0 Å². The van der Waals surface area contributed by atoms with Gasteiger partial charge in [-0.15, -0.1) is 0 Å². The van der Waals surface area contributed by atoms with Crippen molar-refractivity contribution in [2.24, 2.45) is 5.92 Å². The predicted octanol–water partition coefficient (Wildman–Crippen LogP) is 3.79. The number of nitrogens with zero attached hydrogens (tertiary/aromatic N) is 2. The number of rotatable bonds is 2. The molecule has 0 bridgehead atoms. The molecule has 0 atom stereocenters. The Kier molecular flexibility index (Phi) is 3.10. The van der Waals surface area contributed by atoms with E-state index >= 15 is 0 Å². The van der Waals surface area contributed by atoms with Crippen molar-refractivity contribution in [2.45, 2.75) is 27.2 Å². The molecule has 2 rings (SSSR count). The molecular formula is C13H15ClN2. The van der Waals surface area contributed by atoms with Crippen molar-refractivity contribution in [3.63, 3.8) is 0 Å². The van der Waals surface area contributed by atoms with Gasteiger partial charge < -0.3 is 0 Å². The quantitative estimate of drug-likeness (QED) is 0.739. The van der Waals surface area contributed by atoms with E-state index in [0.29, 0.717) is 11.2 Å². The molecule has 1 heterocycles. The van der Waals surface area contributed by atoms with E-state index in [0.717, 1.165) is 28.6 Å². The molecule has 0 aliphatic carbocycles. The van der Waals surface area contributed by atoms with E-state index in [2.05, 4.69) is 29.9 Å². The van der Waals surface area contributed by atoms with E-state index in [-0.39, 0.29) is 0 Å². The van der Waals surface area contributed by atoms with E-state index in [1.807, 2.05) is 19.1 Å². The summed E-state index contributed by atoms with van der Waals surface area (Å²) in [6, 6.07) is 6.15. The van der Waals surface area contributed by atoms with Crippen LogP contribution in [-0.4, -0.2) is 9.97 Å². The average molecular weight is 235 g/mol. The first kappa shape index (κ1) is 11.3. The maximum Gasteiger partial charge on any atom is 0.223 e. The van der Waals surface area contributed by atoms with Crippen LogP contribution in [0.15, 0.2) is 18.2 Å². The van der Waals surface area contributed by atoms with Crippen LogP contribution in [0.25, 0.3) is 10.9 Å². The van der Waals surface area contributed by atoms with E-state index in [1.54, 1.807) is 0 Å². The van der Waals surface area contributed by atoms with E-state index in [4.69, 9.17) is 11.6 Å².